The molecule has 0 rings (SSSR count). The first-order valence-corrected chi connectivity index (χ1v) is 10.7. The molecule has 0 aromatic heterocycles. The van der Waals surface area contributed by atoms with Gasteiger partial charge in [-0.25, -0.2) is 0 Å². The monoisotopic (exact) mass is 359 g/mol. The van der Waals surface area contributed by atoms with Gasteiger partial charge in [0.25, 0.3) is 0 Å². The first-order chi connectivity index (χ1) is 11.7. The minimum atomic E-state index is -1.38. The number of carboxylic acid groups (broad SMARTS) is 1. The highest BCUT2D eigenvalue weighted by Crippen LogP contribution is 2.13. The highest BCUT2D eigenvalue weighted by Gasteiger charge is 2.06. The molecule has 142 valence electrons. The predicted molar refractivity (Wildman–Crippen MR) is 98.2 cm³/mol. The van der Waals surface area contributed by atoms with E-state index in [1.54, 1.807) is 0 Å². The lowest BCUT2D eigenvalue weighted by atomic mass is 10.0. The van der Waals surface area contributed by atoms with E-state index in [1.807, 2.05) is 0 Å². The zero-order valence-electron chi connectivity index (χ0n) is 15.6. The summed E-state index contributed by atoms with van der Waals surface area (Å²) >= 11 is -0.0132. The molecule has 0 heterocycles. The smallest absolute Gasteiger partial charge is 0.387 e. The van der Waals surface area contributed by atoms with E-state index in [2.05, 4.69) is 6.92 Å². The Hall–Kier alpha value is -0.710. The SMILES string of the molecule is CCCCCCCCCCCCCCCCCC[N+](=S=O)C(=O)[O-]. The first-order valence-electron chi connectivity index (χ1n) is 10.0. The van der Waals surface area contributed by atoms with Gasteiger partial charge >= 0.3 is 17.6 Å². The van der Waals surface area contributed by atoms with Gasteiger partial charge < -0.3 is 9.90 Å². The maximum atomic E-state index is 10.5. The van der Waals surface area contributed by atoms with Crippen molar-refractivity contribution < 1.29 is 18.1 Å². The third-order valence-corrected chi connectivity index (χ3v) is 5.02. The summed E-state index contributed by atoms with van der Waals surface area (Å²) in [5.74, 6) is 0. The lowest BCUT2D eigenvalue weighted by molar-refractivity contribution is -0.496. The number of amides is 1. The molecule has 0 spiro atoms. The molecule has 0 aromatic rings. The van der Waals surface area contributed by atoms with Crippen molar-refractivity contribution >= 4 is 17.6 Å². The van der Waals surface area contributed by atoms with Crippen molar-refractivity contribution in [3.05, 3.63) is 0 Å². The summed E-state index contributed by atoms with van der Waals surface area (Å²) in [5, 5.41) is 10.5. The van der Waals surface area contributed by atoms with Gasteiger partial charge in [0.2, 0.25) is 0 Å². The number of carbonyl (C=O) groups is 1. The lowest BCUT2D eigenvalue weighted by Crippen LogP contribution is -2.33. The predicted octanol–water partition coefficient (Wildman–Crippen LogP) is 5.00. The Kier molecular flexibility index (Phi) is 18.1. The molecule has 1 amide bonds. The molecule has 0 atom stereocenters. The molecule has 0 unspecified atom stereocenters. The van der Waals surface area contributed by atoms with Crippen molar-refractivity contribution in [2.45, 2.75) is 110 Å². The molecule has 0 aromatic carbocycles. The summed E-state index contributed by atoms with van der Waals surface area (Å²) in [7, 11) is 0. The zero-order valence-corrected chi connectivity index (χ0v) is 16.4. The van der Waals surface area contributed by atoms with E-state index in [-0.39, 0.29) is 18.0 Å². The molecule has 0 N–H and O–H groups in total. The molecular formula is C19H37NO3S. The molecule has 0 fully saturated rings. The minimum absolute atomic E-state index is 0.0132. The van der Waals surface area contributed by atoms with Gasteiger partial charge in [-0.3, -0.25) is 0 Å². The Labute approximate surface area is 152 Å². The fourth-order valence-corrected chi connectivity index (χ4v) is 3.23. The van der Waals surface area contributed by atoms with Gasteiger partial charge in [0, 0.05) is 6.42 Å². The van der Waals surface area contributed by atoms with Crippen molar-refractivity contribution in [1.29, 1.82) is 0 Å². The van der Waals surface area contributed by atoms with E-state index in [4.69, 9.17) is 0 Å². The van der Waals surface area contributed by atoms with Crippen molar-refractivity contribution in [1.82, 2.24) is 0 Å². The second-order valence-electron chi connectivity index (χ2n) is 6.75. The summed E-state index contributed by atoms with van der Waals surface area (Å²) < 4.78 is 11.2. The standard InChI is InChI=1S/C19H37NO3S/c1-2-3-4-5-6-7-8-9-10-11-12-13-14-15-16-17-18-20(24-23)19(21)22/h2-18H2,1H3. The van der Waals surface area contributed by atoms with Gasteiger partial charge in [0.15, 0.2) is 6.54 Å². The summed E-state index contributed by atoms with van der Waals surface area (Å²) in [4.78, 5) is 10.5. The number of unbranched alkanes of at least 4 members (excludes halogenated alkanes) is 15. The van der Waals surface area contributed by atoms with Crippen molar-refractivity contribution in [2.24, 2.45) is 0 Å². The van der Waals surface area contributed by atoms with Crippen LogP contribution in [0.25, 0.3) is 0 Å². The van der Waals surface area contributed by atoms with Crippen LogP contribution < -0.4 is 5.11 Å². The van der Waals surface area contributed by atoms with E-state index < -0.39 is 6.09 Å². The summed E-state index contributed by atoms with van der Waals surface area (Å²) in [6.45, 7) is 2.55. The molecule has 0 saturated heterocycles. The summed E-state index contributed by atoms with van der Waals surface area (Å²) in [6, 6.07) is 0. The number of carbonyl (C=O) groups excluding carboxylic acids is 1. The van der Waals surface area contributed by atoms with E-state index in [0.717, 1.165) is 23.2 Å². The Bertz CT molecular complexity index is 355. The summed E-state index contributed by atoms with van der Waals surface area (Å²) in [6.07, 6.45) is 19.2. The van der Waals surface area contributed by atoms with Crippen molar-refractivity contribution in [3.8, 4) is 0 Å². The summed E-state index contributed by atoms with van der Waals surface area (Å²) in [5.41, 5.74) is 0. The molecule has 4 nitrogen and oxygen atoms in total. The fourth-order valence-electron chi connectivity index (χ4n) is 2.96. The molecular weight excluding hydrogens is 322 g/mol. The van der Waals surface area contributed by atoms with Crippen molar-refractivity contribution in [2.75, 3.05) is 6.54 Å². The van der Waals surface area contributed by atoms with Crippen LogP contribution in [0, 0.1) is 0 Å². The molecule has 0 radical (unpaired) electrons. The molecule has 0 saturated carbocycles. The van der Waals surface area contributed by atoms with Gasteiger partial charge in [-0.05, 0) is 6.42 Å². The number of hydrogen-bond acceptors (Lipinski definition) is 3. The second-order valence-corrected chi connectivity index (χ2v) is 7.34. The third-order valence-electron chi connectivity index (χ3n) is 4.51. The number of nitrogens with zero attached hydrogens (tertiary/aromatic N) is 1. The highest BCUT2D eigenvalue weighted by atomic mass is 32.1. The van der Waals surface area contributed by atoms with Crippen LogP contribution >= 0.6 is 0 Å². The molecule has 5 heteroatoms. The van der Waals surface area contributed by atoms with Crippen LogP contribution in [0.2, 0.25) is 0 Å². The van der Waals surface area contributed by atoms with E-state index in [9.17, 15) is 14.1 Å². The van der Waals surface area contributed by atoms with Crippen LogP contribution in [0.3, 0.4) is 0 Å². The number of hydrogen-bond donors (Lipinski definition) is 0. The van der Waals surface area contributed by atoms with Crippen LogP contribution in [-0.4, -0.2) is 20.8 Å². The van der Waals surface area contributed by atoms with Crippen LogP contribution in [0.1, 0.15) is 110 Å². The van der Waals surface area contributed by atoms with E-state index >= 15 is 0 Å². The molecule has 0 aliphatic rings. The molecule has 0 aliphatic carbocycles. The lowest BCUT2D eigenvalue weighted by Gasteiger charge is -2.03. The fraction of sp³-hybridized carbons (Fsp3) is 0.947. The Morgan fingerprint density at radius 1 is 0.708 bits per heavy atom. The Balaban J connectivity index is 3.15. The number of rotatable bonds is 17. The first kappa shape index (κ1) is 23.3. The average molecular weight is 360 g/mol. The Morgan fingerprint density at radius 3 is 1.33 bits per heavy atom. The van der Waals surface area contributed by atoms with Gasteiger partial charge in [0.1, 0.15) is 0 Å². The minimum Gasteiger partial charge on any atom is -0.489 e. The van der Waals surface area contributed by atoms with E-state index in [1.165, 1.54) is 83.5 Å². The molecule has 0 aliphatic heterocycles. The third kappa shape index (κ3) is 16.2. The van der Waals surface area contributed by atoms with Gasteiger partial charge in [-0.1, -0.05) is 101 Å². The molecule has 24 heavy (non-hydrogen) atoms. The Morgan fingerprint density at radius 2 is 1.04 bits per heavy atom. The quantitative estimate of drug-likeness (QED) is 0.271. The van der Waals surface area contributed by atoms with Crippen LogP contribution in [-0.2, 0) is 11.5 Å². The zero-order chi connectivity index (χ0) is 17.9. The van der Waals surface area contributed by atoms with Gasteiger partial charge in [-0.15, -0.1) is 4.21 Å². The van der Waals surface area contributed by atoms with Crippen LogP contribution in [0.15, 0.2) is 0 Å². The van der Waals surface area contributed by atoms with E-state index in [0.29, 0.717) is 0 Å². The molecule has 0 bridgehead atoms. The van der Waals surface area contributed by atoms with Crippen LogP contribution in [0.4, 0.5) is 4.79 Å². The maximum Gasteiger partial charge on any atom is 0.387 e. The normalized spacial score (nSPS) is 10.7. The van der Waals surface area contributed by atoms with Crippen LogP contribution in [0.5, 0.6) is 0 Å². The topological polar surface area (TPSA) is 60.2 Å². The average Bonchev–Trinajstić information content (AvgIpc) is 2.57. The van der Waals surface area contributed by atoms with Gasteiger partial charge in [0.05, 0.1) is 0 Å². The largest absolute Gasteiger partial charge is 0.489 e. The second kappa shape index (κ2) is 18.6. The van der Waals surface area contributed by atoms with Crippen molar-refractivity contribution in [3.63, 3.8) is 0 Å². The maximum absolute atomic E-state index is 10.5. The highest BCUT2D eigenvalue weighted by molar-refractivity contribution is 7.52. The van der Waals surface area contributed by atoms with Gasteiger partial charge in [-0.2, -0.15) is 0 Å².